The fourth-order valence-electron chi connectivity index (χ4n) is 1.97. The van der Waals surface area contributed by atoms with Crippen LogP contribution in [0.1, 0.15) is 51.0 Å². The minimum atomic E-state index is -1.03. The molecule has 0 fully saturated rings. The molecule has 1 N–H and O–H groups in total. The molecule has 0 radical (unpaired) electrons. The van der Waals surface area contributed by atoms with E-state index in [1.54, 1.807) is 4.68 Å². The number of hydrogen-bond donors (Lipinski definition) is 1. The van der Waals surface area contributed by atoms with Crippen LogP contribution in [0.25, 0.3) is 0 Å². The monoisotopic (exact) mass is 296 g/mol. The van der Waals surface area contributed by atoms with Gasteiger partial charge in [0.2, 0.25) is 0 Å². The van der Waals surface area contributed by atoms with E-state index >= 15 is 0 Å². The Kier molecular flexibility index (Phi) is 7.36. The van der Waals surface area contributed by atoms with Crippen LogP contribution in [-0.2, 0) is 6.54 Å². The number of nitrogens with zero attached hydrogens (tertiary/aromatic N) is 4. The zero-order chi connectivity index (χ0) is 15.8. The molecule has 0 atom stereocenters. The van der Waals surface area contributed by atoms with Gasteiger partial charge in [-0.25, -0.2) is 4.79 Å². The molecule has 0 aromatic carbocycles. The van der Waals surface area contributed by atoms with E-state index in [1.165, 1.54) is 19.0 Å². The molecule has 6 heteroatoms. The van der Waals surface area contributed by atoms with Crippen LogP contribution in [0.5, 0.6) is 0 Å². The summed E-state index contributed by atoms with van der Waals surface area (Å²) in [5.41, 5.74) is 0.00547. The molecule has 0 saturated heterocycles. The van der Waals surface area contributed by atoms with Crippen molar-refractivity contribution in [1.82, 2.24) is 19.9 Å². The predicted octanol–water partition coefficient (Wildman–Crippen LogP) is 2.37. The SMILES string of the molecule is CC(C)CCN(CCC(C)C)CCn1cc(C(=O)O)nn1. The van der Waals surface area contributed by atoms with Crippen molar-refractivity contribution in [2.75, 3.05) is 19.6 Å². The first-order chi connectivity index (χ1) is 9.88. The first-order valence-corrected chi connectivity index (χ1v) is 7.74. The van der Waals surface area contributed by atoms with Crippen molar-refractivity contribution in [3.8, 4) is 0 Å². The zero-order valence-electron chi connectivity index (χ0n) is 13.6. The molecule has 0 saturated carbocycles. The molecule has 0 spiro atoms. The fourth-order valence-corrected chi connectivity index (χ4v) is 1.97. The van der Waals surface area contributed by atoms with Crippen molar-refractivity contribution in [1.29, 1.82) is 0 Å². The van der Waals surface area contributed by atoms with Gasteiger partial charge in [-0.3, -0.25) is 4.68 Å². The Morgan fingerprint density at radius 2 is 1.76 bits per heavy atom. The average molecular weight is 296 g/mol. The molecule has 0 amide bonds. The lowest BCUT2D eigenvalue weighted by atomic mass is 10.1. The smallest absolute Gasteiger partial charge is 0.358 e. The summed E-state index contributed by atoms with van der Waals surface area (Å²) in [5.74, 6) is 0.353. The Labute approximate surface area is 127 Å². The van der Waals surface area contributed by atoms with Crippen molar-refractivity contribution in [3.63, 3.8) is 0 Å². The number of aromatic nitrogens is 3. The number of carboxylic acid groups (broad SMARTS) is 1. The predicted molar refractivity (Wildman–Crippen MR) is 82.3 cm³/mol. The van der Waals surface area contributed by atoms with Gasteiger partial charge in [0.15, 0.2) is 5.69 Å². The summed E-state index contributed by atoms with van der Waals surface area (Å²) in [6.45, 7) is 12.6. The van der Waals surface area contributed by atoms with Gasteiger partial charge in [-0.05, 0) is 37.8 Å². The normalized spacial score (nSPS) is 11.8. The summed E-state index contributed by atoms with van der Waals surface area (Å²) in [6.07, 6.45) is 3.84. The molecule has 1 heterocycles. The lowest BCUT2D eigenvalue weighted by Crippen LogP contribution is -2.31. The van der Waals surface area contributed by atoms with Crippen molar-refractivity contribution in [3.05, 3.63) is 11.9 Å². The summed E-state index contributed by atoms with van der Waals surface area (Å²) < 4.78 is 1.61. The molecular weight excluding hydrogens is 268 g/mol. The number of rotatable bonds is 10. The maximum absolute atomic E-state index is 10.8. The second-order valence-corrected chi connectivity index (χ2v) is 6.38. The molecule has 1 aromatic heterocycles. The van der Waals surface area contributed by atoms with Gasteiger partial charge in [-0.2, -0.15) is 0 Å². The lowest BCUT2D eigenvalue weighted by Gasteiger charge is -2.24. The highest BCUT2D eigenvalue weighted by molar-refractivity contribution is 5.84. The Hall–Kier alpha value is -1.43. The topological polar surface area (TPSA) is 71.2 Å². The number of aromatic carboxylic acids is 1. The zero-order valence-corrected chi connectivity index (χ0v) is 13.6. The highest BCUT2D eigenvalue weighted by Gasteiger charge is 2.11. The Balaban J connectivity index is 2.47. The maximum atomic E-state index is 10.8. The van der Waals surface area contributed by atoms with Gasteiger partial charge < -0.3 is 10.0 Å². The second kappa shape index (κ2) is 8.77. The van der Waals surface area contributed by atoms with E-state index in [9.17, 15) is 4.79 Å². The molecule has 120 valence electrons. The van der Waals surface area contributed by atoms with Crippen LogP contribution >= 0.6 is 0 Å². The standard InChI is InChI=1S/C15H28N4O2/c1-12(2)5-7-18(8-6-13(3)4)9-10-19-11-14(15(20)21)16-17-19/h11-13H,5-10H2,1-4H3,(H,20,21). The van der Waals surface area contributed by atoms with E-state index < -0.39 is 5.97 Å². The number of carboxylic acids is 1. The van der Waals surface area contributed by atoms with Crippen molar-refractivity contribution < 1.29 is 9.90 Å². The maximum Gasteiger partial charge on any atom is 0.358 e. The summed E-state index contributed by atoms with van der Waals surface area (Å²) in [4.78, 5) is 13.2. The number of hydrogen-bond acceptors (Lipinski definition) is 4. The molecule has 6 nitrogen and oxygen atoms in total. The second-order valence-electron chi connectivity index (χ2n) is 6.38. The fraction of sp³-hybridized carbons (Fsp3) is 0.800. The van der Waals surface area contributed by atoms with Crippen LogP contribution in [0.2, 0.25) is 0 Å². The Morgan fingerprint density at radius 3 is 2.19 bits per heavy atom. The molecule has 0 bridgehead atoms. The van der Waals surface area contributed by atoms with Gasteiger partial charge in [-0.15, -0.1) is 5.10 Å². The molecule has 1 aromatic rings. The van der Waals surface area contributed by atoms with Gasteiger partial charge in [-0.1, -0.05) is 32.9 Å². The summed E-state index contributed by atoms with van der Waals surface area (Å²) in [7, 11) is 0. The van der Waals surface area contributed by atoms with E-state index in [-0.39, 0.29) is 5.69 Å². The summed E-state index contributed by atoms with van der Waals surface area (Å²) >= 11 is 0. The van der Waals surface area contributed by atoms with Crippen LogP contribution in [-0.4, -0.2) is 50.6 Å². The van der Waals surface area contributed by atoms with E-state index in [1.807, 2.05) is 0 Å². The Morgan fingerprint density at radius 1 is 1.19 bits per heavy atom. The molecule has 1 rings (SSSR count). The highest BCUT2D eigenvalue weighted by atomic mass is 16.4. The minimum absolute atomic E-state index is 0.00547. The quantitative estimate of drug-likeness (QED) is 0.717. The van der Waals surface area contributed by atoms with Crippen LogP contribution in [0.4, 0.5) is 0 Å². The van der Waals surface area contributed by atoms with Crippen molar-refractivity contribution >= 4 is 5.97 Å². The number of carbonyl (C=O) groups is 1. The van der Waals surface area contributed by atoms with Crippen molar-refractivity contribution in [2.24, 2.45) is 11.8 Å². The molecule has 0 aliphatic heterocycles. The minimum Gasteiger partial charge on any atom is -0.476 e. The third-order valence-corrected chi connectivity index (χ3v) is 3.45. The molecule has 0 unspecified atom stereocenters. The average Bonchev–Trinajstić information content (AvgIpc) is 2.86. The van der Waals surface area contributed by atoms with E-state index in [2.05, 4.69) is 42.9 Å². The van der Waals surface area contributed by atoms with Gasteiger partial charge in [0.1, 0.15) is 0 Å². The third kappa shape index (κ3) is 7.22. The van der Waals surface area contributed by atoms with E-state index in [0.29, 0.717) is 18.4 Å². The van der Waals surface area contributed by atoms with Gasteiger partial charge in [0.25, 0.3) is 0 Å². The van der Waals surface area contributed by atoms with Crippen LogP contribution in [0.3, 0.4) is 0 Å². The highest BCUT2D eigenvalue weighted by Crippen LogP contribution is 2.07. The summed E-state index contributed by atoms with van der Waals surface area (Å²) in [5, 5.41) is 16.3. The lowest BCUT2D eigenvalue weighted by molar-refractivity contribution is 0.0690. The van der Waals surface area contributed by atoms with Crippen LogP contribution in [0.15, 0.2) is 6.20 Å². The van der Waals surface area contributed by atoms with Crippen LogP contribution < -0.4 is 0 Å². The largest absolute Gasteiger partial charge is 0.476 e. The van der Waals surface area contributed by atoms with Gasteiger partial charge in [0.05, 0.1) is 12.7 Å². The van der Waals surface area contributed by atoms with Crippen LogP contribution in [0, 0.1) is 11.8 Å². The first-order valence-electron chi connectivity index (χ1n) is 7.74. The molecular formula is C15H28N4O2. The van der Waals surface area contributed by atoms with Gasteiger partial charge >= 0.3 is 5.97 Å². The Bertz CT molecular complexity index is 417. The van der Waals surface area contributed by atoms with Gasteiger partial charge in [0, 0.05) is 6.54 Å². The third-order valence-electron chi connectivity index (χ3n) is 3.45. The summed E-state index contributed by atoms with van der Waals surface area (Å²) in [6, 6.07) is 0. The van der Waals surface area contributed by atoms with E-state index in [0.717, 1.165) is 19.6 Å². The first kappa shape index (κ1) is 17.6. The van der Waals surface area contributed by atoms with E-state index in [4.69, 9.17) is 5.11 Å². The van der Waals surface area contributed by atoms with Crippen molar-refractivity contribution in [2.45, 2.75) is 47.1 Å². The molecule has 21 heavy (non-hydrogen) atoms. The molecule has 0 aliphatic carbocycles. The molecule has 0 aliphatic rings.